The Hall–Kier alpha value is -1.62. The van der Waals surface area contributed by atoms with Gasteiger partial charge in [0.15, 0.2) is 0 Å². The standard InChI is InChI=1S/C15H22N4O/c20-15(19-9-2-1-3-10-19)13-5-4-6-17-14(13)18-11-7-16-8-12-18/h4-6,16H,1-3,7-12H2. The number of anilines is 1. The molecular weight excluding hydrogens is 252 g/mol. The van der Waals surface area contributed by atoms with Crippen molar-refractivity contribution in [3.63, 3.8) is 0 Å². The average molecular weight is 274 g/mol. The summed E-state index contributed by atoms with van der Waals surface area (Å²) < 4.78 is 0. The third-order valence-corrected chi connectivity index (χ3v) is 4.08. The molecule has 108 valence electrons. The van der Waals surface area contributed by atoms with Gasteiger partial charge in [0.05, 0.1) is 5.56 Å². The zero-order chi connectivity index (χ0) is 13.8. The van der Waals surface area contributed by atoms with E-state index in [1.54, 1.807) is 6.20 Å². The SMILES string of the molecule is O=C(c1cccnc1N1CCNCC1)N1CCCCC1. The highest BCUT2D eigenvalue weighted by molar-refractivity contribution is 5.99. The van der Waals surface area contributed by atoms with E-state index in [0.29, 0.717) is 0 Å². The second kappa shape index (κ2) is 6.22. The van der Waals surface area contributed by atoms with Crippen LogP contribution in [0, 0.1) is 0 Å². The van der Waals surface area contributed by atoms with Crippen molar-refractivity contribution in [1.29, 1.82) is 0 Å². The number of aromatic nitrogens is 1. The molecular formula is C15H22N4O. The molecule has 3 heterocycles. The Bertz CT molecular complexity index is 465. The maximum absolute atomic E-state index is 12.7. The third kappa shape index (κ3) is 2.77. The number of piperazine rings is 1. The lowest BCUT2D eigenvalue weighted by Crippen LogP contribution is -2.45. The van der Waals surface area contributed by atoms with Crippen LogP contribution in [0.1, 0.15) is 29.6 Å². The first-order chi connectivity index (χ1) is 9.86. The summed E-state index contributed by atoms with van der Waals surface area (Å²) in [5, 5.41) is 3.33. The number of hydrogen-bond donors (Lipinski definition) is 1. The molecule has 2 fully saturated rings. The lowest BCUT2D eigenvalue weighted by molar-refractivity contribution is 0.0724. The summed E-state index contributed by atoms with van der Waals surface area (Å²) in [6.45, 7) is 5.50. The normalized spacial score (nSPS) is 20.0. The zero-order valence-electron chi connectivity index (χ0n) is 11.8. The quantitative estimate of drug-likeness (QED) is 0.878. The average Bonchev–Trinajstić information content (AvgIpc) is 2.56. The van der Waals surface area contributed by atoms with Crippen LogP contribution in [0.2, 0.25) is 0 Å². The molecule has 0 radical (unpaired) electrons. The van der Waals surface area contributed by atoms with Crippen molar-refractivity contribution in [3.05, 3.63) is 23.9 Å². The van der Waals surface area contributed by atoms with Gasteiger partial charge in [-0.1, -0.05) is 0 Å². The van der Waals surface area contributed by atoms with Crippen LogP contribution in [0.4, 0.5) is 5.82 Å². The second-order valence-electron chi connectivity index (χ2n) is 5.46. The Morgan fingerprint density at radius 3 is 2.60 bits per heavy atom. The molecule has 0 atom stereocenters. The number of carbonyl (C=O) groups is 1. The molecule has 1 amide bonds. The van der Waals surface area contributed by atoms with E-state index in [-0.39, 0.29) is 5.91 Å². The van der Waals surface area contributed by atoms with E-state index in [2.05, 4.69) is 15.2 Å². The topological polar surface area (TPSA) is 48.5 Å². The highest BCUT2D eigenvalue weighted by Crippen LogP contribution is 2.21. The number of hydrogen-bond acceptors (Lipinski definition) is 4. The number of carbonyl (C=O) groups excluding carboxylic acids is 1. The van der Waals surface area contributed by atoms with Gasteiger partial charge in [-0.2, -0.15) is 0 Å². The van der Waals surface area contributed by atoms with E-state index in [9.17, 15) is 4.79 Å². The van der Waals surface area contributed by atoms with E-state index in [1.807, 2.05) is 17.0 Å². The molecule has 0 spiro atoms. The van der Waals surface area contributed by atoms with Crippen LogP contribution in [-0.2, 0) is 0 Å². The Kier molecular flexibility index (Phi) is 4.16. The predicted molar refractivity (Wildman–Crippen MR) is 79.1 cm³/mol. The fourth-order valence-electron chi connectivity index (χ4n) is 2.96. The first kappa shape index (κ1) is 13.4. The van der Waals surface area contributed by atoms with Crippen molar-refractivity contribution in [1.82, 2.24) is 15.2 Å². The number of nitrogens with one attached hydrogen (secondary N) is 1. The lowest BCUT2D eigenvalue weighted by Gasteiger charge is -2.32. The molecule has 1 aromatic rings. The Morgan fingerprint density at radius 1 is 1.10 bits per heavy atom. The number of amides is 1. The first-order valence-electron chi connectivity index (χ1n) is 7.56. The van der Waals surface area contributed by atoms with Crippen molar-refractivity contribution in [3.8, 4) is 0 Å². The molecule has 20 heavy (non-hydrogen) atoms. The molecule has 2 saturated heterocycles. The van der Waals surface area contributed by atoms with E-state index < -0.39 is 0 Å². The zero-order valence-corrected chi connectivity index (χ0v) is 11.8. The maximum atomic E-state index is 12.7. The largest absolute Gasteiger partial charge is 0.353 e. The Morgan fingerprint density at radius 2 is 1.85 bits per heavy atom. The monoisotopic (exact) mass is 274 g/mol. The minimum Gasteiger partial charge on any atom is -0.353 e. The second-order valence-corrected chi connectivity index (χ2v) is 5.46. The molecule has 0 aromatic carbocycles. The fraction of sp³-hybridized carbons (Fsp3) is 0.600. The van der Waals surface area contributed by atoms with Gasteiger partial charge in [-0.3, -0.25) is 4.79 Å². The predicted octanol–water partition coefficient (Wildman–Crippen LogP) is 1.12. The summed E-state index contributed by atoms with van der Waals surface area (Å²) >= 11 is 0. The molecule has 1 aromatic heterocycles. The number of rotatable bonds is 2. The van der Waals surface area contributed by atoms with E-state index in [4.69, 9.17) is 0 Å². The van der Waals surface area contributed by atoms with E-state index in [0.717, 1.165) is 63.5 Å². The minimum atomic E-state index is 0.145. The smallest absolute Gasteiger partial charge is 0.257 e. The molecule has 2 aliphatic heterocycles. The van der Waals surface area contributed by atoms with Crippen LogP contribution >= 0.6 is 0 Å². The molecule has 0 unspecified atom stereocenters. The molecule has 2 aliphatic rings. The lowest BCUT2D eigenvalue weighted by atomic mass is 10.1. The van der Waals surface area contributed by atoms with Crippen LogP contribution in [-0.4, -0.2) is 55.1 Å². The van der Waals surface area contributed by atoms with Crippen LogP contribution in [0.25, 0.3) is 0 Å². The summed E-state index contributed by atoms with van der Waals surface area (Å²) in [5.41, 5.74) is 0.760. The highest BCUT2D eigenvalue weighted by Gasteiger charge is 2.24. The minimum absolute atomic E-state index is 0.145. The molecule has 3 rings (SSSR count). The Balaban J connectivity index is 1.82. The summed E-state index contributed by atoms with van der Waals surface area (Å²) in [6, 6.07) is 3.78. The van der Waals surface area contributed by atoms with Gasteiger partial charge in [0, 0.05) is 45.5 Å². The molecule has 0 aliphatic carbocycles. The van der Waals surface area contributed by atoms with E-state index in [1.165, 1.54) is 6.42 Å². The van der Waals surface area contributed by atoms with Crippen molar-refractivity contribution < 1.29 is 4.79 Å². The maximum Gasteiger partial charge on any atom is 0.257 e. The van der Waals surface area contributed by atoms with Gasteiger partial charge in [-0.05, 0) is 31.4 Å². The van der Waals surface area contributed by atoms with Crippen molar-refractivity contribution >= 4 is 11.7 Å². The van der Waals surface area contributed by atoms with Crippen molar-refractivity contribution in [2.24, 2.45) is 0 Å². The van der Waals surface area contributed by atoms with Gasteiger partial charge >= 0.3 is 0 Å². The van der Waals surface area contributed by atoms with Crippen LogP contribution < -0.4 is 10.2 Å². The van der Waals surface area contributed by atoms with Crippen molar-refractivity contribution in [2.45, 2.75) is 19.3 Å². The van der Waals surface area contributed by atoms with Gasteiger partial charge in [-0.25, -0.2) is 4.98 Å². The number of pyridine rings is 1. The molecule has 5 nitrogen and oxygen atoms in total. The highest BCUT2D eigenvalue weighted by atomic mass is 16.2. The first-order valence-corrected chi connectivity index (χ1v) is 7.56. The summed E-state index contributed by atoms with van der Waals surface area (Å²) in [7, 11) is 0. The Labute approximate surface area is 120 Å². The molecule has 0 saturated carbocycles. The van der Waals surface area contributed by atoms with Gasteiger partial charge in [-0.15, -0.1) is 0 Å². The molecule has 0 bridgehead atoms. The summed E-state index contributed by atoms with van der Waals surface area (Å²) in [4.78, 5) is 21.4. The van der Waals surface area contributed by atoms with Gasteiger partial charge < -0.3 is 15.1 Å². The van der Waals surface area contributed by atoms with Crippen LogP contribution in [0.5, 0.6) is 0 Å². The molecule has 5 heteroatoms. The molecule has 1 N–H and O–H groups in total. The van der Waals surface area contributed by atoms with Crippen molar-refractivity contribution in [2.75, 3.05) is 44.2 Å². The number of likely N-dealkylation sites (tertiary alicyclic amines) is 1. The van der Waals surface area contributed by atoms with Crippen LogP contribution in [0.15, 0.2) is 18.3 Å². The fourth-order valence-corrected chi connectivity index (χ4v) is 2.96. The third-order valence-electron chi connectivity index (χ3n) is 4.08. The van der Waals surface area contributed by atoms with Gasteiger partial charge in [0.1, 0.15) is 5.82 Å². The van der Waals surface area contributed by atoms with Gasteiger partial charge in [0.25, 0.3) is 5.91 Å². The summed E-state index contributed by atoms with van der Waals surface area (Å²) in [6.07, 6.45) is 5.26. The number of nitrogens with zero attached hydrogens (tertiary/aromatic N) is 3. The summed E-state index contributed by atoms with van der Waals surface area (Å²) in [5.74, 6) is 0.996. The van der Waals surface area contributed by atoms with Gasteiger partial charge in [0.2, 0.25) is 0 Å². The number of piperidine rings is 1. The van der Waals surface area contributed by atoms with Crippen LogP contribution in [0.3, 0.4) is 0 Å². The van der Waals surface area contributed by atoms with E-state index >= 15 is 0 Å².